The molecule has 1 fully saturated rings. The lowest BCUT2D eigenvalue weighted by Gasteiger charge is -2.32. The van der Waals surface area contributed by atoms with Gasteiger partial charge in [0.05, 0.1) is 14.2 Å². The van der Waals surface area contributed by atoms with Crippen LogP contribution >= 0.6 is 0 Å². The number of ether oxygens (including phenoxy) is 2. The van der Waals surface area contributed by atoms with E-state index in [2.05, 4.69) is 17.4 Å². The molecule has 0 saturated heterocycles. The number of hydrogen-bond acceptors (Lipinski definition) is 5. The van der Waals surface area contributed by atoms with Crippen LogP contribution in [0.25, 0.3) is 0 Å². The van der Waals surface area contributed by atoms with Crippen molar-refractivity contribution in [1.29, 1.82) is 0 Å². The van der Waals surface area contributed by atoms with Crippen LogP contribution < -0.4 is 5.32 Å². The average molecular weight is 319 g/mol. The second kappa shape index (κ2) is 8.67. The number of nitrogens with one attached hydrogen (secondary N) is 1. The minimum atomic E-state index is -0.792. The first kappa shape index (κ1) is 17.5. The van der Waals surface area contributed by atoms with Crippen molar-refractivity contribution in [2.75, 3.05) is 14.2 Å². The molecule has 0 radical (unpaired) electrons. The van der Waals surface area contributed by atoms with Crippen LogP contribution in [-0.2, 0) is 25.6 Å². The molecule has 1 N–H and O–H groups in total. The summed E-state index contributed by atoms with van der Waals surface area (Å²) < 4.78 is 9.53. The monoisotopic (exact) mass is 319 g/mol. The summed E-state index contributed by atoms with van der Waals surface area (Å²) in [4.78, 5) is 23.7. The number of benzene rings is 1. The van der Waals surface area contributed by atoms with Crippen LogP contribution in [0, 0.1) is 11.8 Å². The number of rotatable bonds is 6. The molecule has 0 aliphatic heterocycles. The van der Waals surface area contributed by atoms with Crippen LogP contribution in [0.4, 0.5) is 0 Å². The third-order valence-electron chi connectivity index (χ3n) is 4.59. The molecule has 0 heterocycles. The van der Waals surface area contributed by atoms with E-state index in [4.69, 9.17) is 9.47 Å². The number of carbonyl (C=O) groups excluding carboxylic acids is 2. The highest BCUT2D eigenvalue weighted by molar-refractivity contribution is 5.95. The predicted molar refractivity (Wildman–Crippen MR) is 86.5 cm³/mol. The fraction of sp³-hybridized carbons (Fsp3) is 0.556. The zero-order valence-corrected chi connectivity index (χ0v) is 13.8. The second-order valence-corrected chi connectivity index (χ2v) is 6.00. The standard InChI is InChI=1S/C18H25NO4/c1-22-17(20)16(18(21)23-2)14-8-10-15(11-9-14)19-12-13-6-4-3-5-7-13/h3-7,14-16,19H,8-12H2,1-2H3. The lowest BCUT2D eigenvalue weighted by Crippen LogP contribution is -2.39. The van der Waals surface area contributed by atoms with Crippen molar-refractivity contribution in [1.82, 2.24) is 5.32 Å². The van der Waals surface area contributed by atoms with Gasteiger partial charge in [-0.2, -0.15) is 0 Å². The summed E-state index contributed by atoms with van der Waals surface area (Å²) in [5.74, 6) is -1.76. The van der Waals surface area contributed by atoms with Gasteiger partial charge in [0.15, 0.2) is 5.92 Å². The van der Waals surface area contributed by atoms with E-state index in [0.29, 0.717) is 6.04 Å². The maximum atomic E-state index is 11.9. The Hall–Kier alpha value is -1.88. The Balaban J connectivity index is 1.84. The van der Waals surface area contributed by atoms with E-state index in [1.165, 1.54) is 19.8 Å². The quantitative estimate of drug-likeness (QED) is 0.644. The van der Waals surface area contributed by atoms with Crippen LogP contribution in [0.5, 0.6) is 0 Å². The number of esters is 2. The summed E-state index contributed by atoms with van der Waals surface area (Å²) in [5, 5.41) is 3.55. The average Bonchev–Trinajstić information content (AvgIpc) is 2.61. The summed E-state index contributed by atoms with van der Waals surface area (Å²) in [6, 6.07) is 10.7. The molecular weight excluding hydrogens is 294 g/mol. The summed E-state index contributed by atoms with van der Waals surface area (Å²) in [6.07, 6.45) is 3.53. The lowest BCUT2D eigenvalue weighted by atomic mass is 9.78. The van der Waals surface area contributed by atoms with Crippen molar-refractivity contribution in [3.05, 3.63) is 35.9 Å². The lowest BCUT2D eigenvalue weighted by molar-refractivity contribution is -0.162. The largest absolute Gasteiger partial charge is 0.468 e. The molecule has 0 unspecified atom stereocenters. The highest BCUT2D eigenvalue weighted by Gasteiger charge is 2.38. The van der Waals surface area contributed by atoms with Crippen LogP contribution in [0.15, 0.2) is 30.3 Å². The summed E-state index contributed by atoms with van der Waals surface area (Å²) in [6.45, 7) is 0.841. The number of carbonyl (C=O) groups is 2. The first-order valence-electron chi connectivity index (χ1n) is 8.08. The van der Waals surface area contributed by atoms with Crippen LogP contribution in [0.1, 0.15) is 31.2 Å². The summed E-state index contributed by atoms with van der Waals surface area (Å²) in [5.41, 5.74) is 1.26. The van der Waals surface area contributed by atoms with Crippen molar-refractivity contribution < 1.29 is 19.1 Å². The number of methoxy groups -OCH3 is 2. The molecule has 5 heteroatoms. The molecule has 1 aliphatic rings. The molecule has 1 aliphatic carbocycles. The van der Waals surface area contributed by atoms with Crippen molar-refractivity contribution in [3.63, 3.8) is 0 Å². The molecule has 0 bridgehead atoms. The molecule has 0 atom stereocenters. The topological polar surface area (TPSA) is 64.6 Å². The fourth-order valence-corrected chi connectivity index (χ4v) is 3.25. The maximum absolute atomic E-state index is 11.9. The van der Waals surface area contributed by atoms with Crippen LogP contribution in [-0.4, -0.2) is 32.2 Å². The minimum absolute atomic E-state index is 0.00433. The van der Waals surface area contributed by atoms with E-state index in [1.807, 2.05) is 18.2 Å². The first-order chi connectivity index (χ1) is 11.2. The molecule has 23 heavy (non-hydrogen) atoms. The molecule has 5 nitrogen and oxygen atoms in total. The highest BCUT2D eigenvalue weighted by atomic mass is 16.5. The van der Waals surface area contributed by atoms with Gasteiger partial charge < -0.3 is 14.8 Å². The Morgan fingerprint density at radius 3 is 2.13 bits per heavy atom. The first-order valence-corrected chi connectivity index (χ1v) is 8.08. The molecular formula is C18H25NO4. The zero-order chi connectivity index (χ0) is 16.7. The Morgan fingerprint density at radius 2 is 1.61 bits per heavy atom. The van der Waals surface area contributed by atoms with E-state index in [0.717, 1.165) is 32.2 Å². The van der Waals surface area contributed by atoms with E-state index in [-0.39, 0.29) is 5.92 Å². The third-order valence-corrected chi connectivity index (χ3v) is 4.59. The van der Waals surface area contributed by atoms with Crippen molar-refractivity contribution in [2.24, 2.45) is 11.8 Å². The van der Waals surface area contributed by atoms with Gasteiger partial charge in [-0.25, -0.2) is 0 Å². The van der Waals surface area contributed by atoms with Gasteiger partial charge in [0.2, 0.25) is 0 Å². The third kappa shape index (κ3) is 4.79. The van der Waals surface area contributed by atoms with Crippen LogP contribution in [0.2, 0.25) is 0 Å². The second-order valence-electron chi connectivity index (χ2n) is 6.00. The summed E-state index contributed by atoms with van der Waals surface area (Å²) in [7, 11) is 2.62. The van der Waals surface area contributed by atoms with Crippen molar-refractivity contribution in [2.45, 2.75) is 38.3 Å². The van der Waals surface area contributed by atoms with Gasteiger partial charge >= 0.3 is 11.9 Å². The number of hydrogen-bond donors (Lipinski definition) is 1. The van der Waals surface area contributed by atoms with E-state index in [1.54, 1.807) is 0 Å². The highest BCUT2D eigenvalue weighted by Crippen LogP contribution is 2.32. The Kier molecular flexibility index (Phi) is 6.59. The fourth-order valence-electron chi connectivity index (χ4n) is 3.25. The van der Waals surface area contributed by atoms with Crippen molar-refractivity contribution >= 4 is 11.9 Å². The molecule has 0 spiro atoms. The van der Waals surface area contributed by atoms with Gasteiger partial charge in [-0.15, -0.1) is 0 Å². The van der Waals surface area contributed by atoms with Gasteiger partial charge in [-0.1, -0.05) is 30.3 Å². The van der Waals surface area contributed by atoms with E-state index >= 15 is 0 Å². The Bertz CT molecular complexity index is 493. The molecule has 1 aromatic carbocycles. The SMILES string of the molecule is COC(=O)C(C(=O)OC)C1CCC(NCc2ccccc2)CC1. The molecule has 0 aromatic heterocycles. The Labute approximate surface area is 137 Å². The predicted octanol–water partition coefficient (Wildman–Crippen LogP) is 2.30. The normalized spacial score (nSPS) is 21.0. The summed E-state index contributed by atoms with van der Waals surface area (Å²) >= 11 is 0. The van der Waals surface area contributed by atoms with Gasteiger partial charge in [-0.05, 0) is 37.2 Å². The van der Waals surface area contributed by atoms with Gasteiger partial charge in [0.25, 0.3) is 0 Å². The van der Waals surface area contributed by atoms with E-state index < -0.39 is 17.9 Å². The maximum Gasteiger partial charge on any atom is 0.320 e. The van der Waals surface area contributed by atoms with Crippen LogP contribution in [0.3, 0.4) is 0 Å². The minimum Gasteiger partial charge on any atom is -0.468 e. The molecule has 1 aromatic rings. The van der Waals surface area contributed by atoms with Gasteiger partial charge in [0, 0.05) is 12.6 Å². The zero-order valence-electron chi connectivity index (χ0n) is 13.8. The van der Waals surface area contributed by atoms with Gasteiger partial charge in [0.1, 0.15) is 0 Å². The smallest absolute Gasteiger partial charge is 0.320 e. The molecule has 0 amide bonds. The Morgan fingerprint density at radius 1 is 1.04 bits per heavy atom. The molecule has 1 saturated carbocycles. The molecule has 2 rings (SSSR count). The van der Waals surface area contributed by atoms with Gasteiger partial charge in [-0.3, -0.25) is 9.59 Å². The van der Waals surface area contributed by atoms with Crippen molar-refractivity contribution in [3.8, 4) is 0 Å². The van der Waals surface area contributed by atoms with E-state index in [9.17, 15) is 9.59 Å². The molecule has 126 valence electrons.